The molecule has 15 heavy (non-hydrogen) atoms. The zero-order valence-electron chi connectivity index (χ0n) is 9.15. The molecule has 0 spiro atoms. The van der Waals surface area contributed by atoms with E-state index in [0.717, 1.165) is 5.75 Å². The van der Waals surface area contributed by atoms with E-state index in [1.807, 2.05) is 24.0 Å². The molecule has 0 saturated heterocycles. The SMILES string of the molecule is CSCC(N)C1CCCc2cccnc21. The molecule has 2 nitrogen and oxygen atoms in total. The van der Waals surface area contributed by atoms with E-state index in [1.165, 1.54) is 30.5 Å². The van der Waals surface area contributed by atoms with E-state index in [1.54, 1.807) is 0 Å². The van der Waals surface area contributed by atoms with Crippen LogP contribution in [-0.4, -0.2) is 23.0 Å². The van der Waals surface area contributed by atoms with Gasteiger partial charge in [0.15, 0.2) is 0 Å². The molecular formula is C12H18N2S. The van der Waals surface area contributed by atoms with E-state index in [4.69, 9.17) is 5.73 Å². The van der Waals surface area contributed by atoms with Crippen LogP contribution in [0.5, 0.6) is 0 Å². The number of pyridine rings is 1. The third-order valence-electron chi connectivity index (χ3n) is 3.11. The molecule has 1 aromatic heterocycles. The highest BCUT2D eigenvalue weighted by molar-refractivity contribution is 7.98. The molecule has 0 aliphatic heterocycles. The van der Waals surface area contributed by atoms with Crippen molar-refractivity contribution in [3.05, 3.63) is 29.6 Å². The van der Waals surface area contributed by atoms with Gasteiger partial charge in [0, 0.05) is 29.6 Å². The first-order valence-electron chi connectivity index (χ1n) is 5.51. The summed E-state index contributed by atoms with van der Waals surface area (Å²) in [5.74, 6) is 1.50. The highest BCUT2D eigenvalue weighted by Gasteiger charge is 2.26. The highest BCUT2D eigenvalue weighted by atomic mass is 32.2. The van der Waals surface area contributed by atoms with Crippen LogP contribution in [0.4, 0.5) is 0 Å². The maximum Gasteiger partial charge on any atom is 0.0482 e. The van der Waals surface area contributed by atoms with Crippen molar-refractivity contribution in [3.63, 3.8) is 0 Å². The second kappa shape index (κ2) is 4.99. The molecular weight excluding hydrogens is 204 g/mol. The fraction of sp³-hybridized carbons (Fsp3) is 0.583. The number of aromatic nitrogens is 1. The molecule has 0 radical (unpaired) electrons. The van der Waals surface area contributed by atoms with Gasteiger partial charge in [0.2, 0.25) is 0 Å². The van der Waals surface area contributed by atoms with Crippen LogP contribution in [0.3, 0.4) is 0 Å². The maximum absolute atomic E-state index is 6.21. The molecule has 0 bridgehead atoms. The highest BCUT2D eigenvalue weighted by Crippen LogP contribution is 2.32. The number of aryl methyl sites for hydroxylation is 1. The van der Waals surface area contributed by atoms with Crippen molar-refractivity contribution in [1.29, 1.82) is 0 Å². The predicted molar refractivity (Wildman–Crippen MR) is 66.3 cm³/mol. The normalized spacial score (nSPS) is 22.1. The van der Waals surface area contributed by atoms with Crippen LogP contribution in [-0.2, 0) is 6.42 Å². The Labute approximate surface area is 95.7 Å². The minimum Gasteiger partial charge on any atom is -0.326 e. The van der Waals surface area contributed by atoms with Crippen LogP contribution in [0.2, 0.25) is 0 Å². The lowest BCUT2D eigenvalue weighted by Gasteiger charge is -2.28. The molecule has 1 heterocycles. The number of rotatable bonds is 3. The molecule has 0 amide bonds. The third kappa shape index (κ3) is 2.34. The van der Waals surface area contributed by atoms with Crippen LogP contribution in [0.1, 0.15) is 30.0 Å². The summed E-state index contributed by atoms with van der Waals surface area (Å²) in [5.41, 5.74) is 8.88. The molecule has 1 aliphatic carbocycles. The summed E-state index contributed by atoms with van der Waals surface area (Å²) < 4.78 is 0. The van der Waals surface area contributed by atoms with Gasteiger partial charge in [0.25, 0.3) is 0 Å². The Hall–Kier alpha value is -0.540. The van der Waals surface area contributed by atoms with Gasteiger partial charge in [0.1, 0.15) is 0 Å². The van der Waals surface area contributed by atoms with Gasteiger partial charge in [0.05, 0.1) is 0 Å². The zero-order chi connectivity index (χ0) is 10.7. The number of nitrogens with two attached hydrogens (primary N) is 1. The second-order valence-corrected chi connectivity index (χ2v) is 5.08. The van der Waals surface area contributed by atoms with E-state index < -0.39 is 0 Å². The molecule has 2 unspecified atom stereocenters. The Morgan fingerprint density at radius 3 is 3.33 bits per heavy atom. The summed E-state index contributed by atoms with van der Waals surface area (Å²) >= 11 is 1.83. The third-order valence-corrected chi connectivity index (χ3v) is 3.83. The lowest BCUT2D eigenvalue weighted by atomic mass is 9.83. The van der Waals surface area contributed by atoms with Crippen molar-refractivity contribution in [3.8, 4) is 0 Å². The lowest BCUT2D eigenvalue weighted by Crippen LogP contribution is -2.33. The zero-order valence-corrected chi connectivity index (χ0v) is 9.96. The first-order valence-corrected chi connectivity index (χ1v) is 6.90. The topological polar surface area (TPSA) is 38.9 Å². The lowest BCUT2D eigenvalue weighted by molar-refractivity contribution is 0.477. The number of fused-ring (bicyclic) bond motifs is 1. The largest absolute Gasteiger partial charge is 0.326 e. The standard InChI is InChI=1S/C12H18N2S/c1-15-8-11(13)10-6-2-4-9-5-3-7-14-12(9)10/h3,5,7,10-11H,2,4,6,8,13H2,1H3. The predicted octanol–water partition coefficient (Wildman–Crippen LogP) is 2.19. The fourth-order valence-electron chi connectivity index (χ4n) is 2.37. The maximum atomic E-state index is 6.21. The average Bonchev–Trinajstić information content (AvgIpc) is 2.28. The molecule has 1 aromatic rings. The van der Waals surface area contributed by atoms with Crippen molar-refractivity contribution in [2.75, 3.05) is 12.0 Å². The molecule has 0 saturated carbocycles. The van der Waals surface area contributed by atoms with Crippen LogP contribution in [0.25, 0.3) is 0 Å². The number of nitrogens with zero attached hydrogens (tertiary/aromatic N) is 1. The molecule has 2 rings (SSSR count). The van der Waals surface area contributed by atoms with Crippen molar-refractivity contribution in [1.82, 2.24) is 4.98 Å². The van der Waals surface area contributed by atoms with Gasteiger partial charge in [-0.3, -0.25) is 4.98 Å². The summed E-state index contributed by atoms with van der Waals surface area (Å²) in [4.78, 5) is 4.51. The molecule has 82 valence electrons. The van der Waals surface area contributed by atoms with Gasteiger partial charge in [-0.25, -0.2) is 0 Å². The van der Waals surface area contributed by atoms with E-state index >= 15 is 0 Å². The van der Waals surface area contributed by atoms with Crippen molar-refractivity contribution in [2.24, 2.45) is 5.73 Å². The Morgan fingerprint density at radius 1 is 1.67 bits per heavy atom. The van der Waals surface area contributed by atoms with E-state index in [2.05, 4.69) is 17.3 Å². The summed E-state index contributed by atoms with van der Waals surface area (Å²) in [7, 11) is 0. The van der Waals surface area contributed by atoms with Crippen LogP contribution in [0.15, 0.2) is 18.3 Å². The molecule has 2 atom stereocenters. The number of hydrogen-bond acceptors (Lipinski definition) is 3. The van der Waals surface area contributed by atoms with Gasteiger partial charge in [-0.05, 0) is 37.1 Å². The number of hydrogen-bond donors (Lipinski definition) is 1. The summed E-state index contributed by atoms with van der Waals surface area (Å²) in [6.07, 6.45) is 7.63. The fourth-order valence-corrected chi connectivity index (χ4v) is 2.99. The Kier molecular flexibility index (Phi) is 3.65. The Balaban J connectivity index is 2.21. The Morgan fingerprint density at radius 2 is 2.53 bits per heavy atom. The molecule has 3 heteroatoms. The van der Waals surface area contributed by atoms with Crippen molar-refractivity contribution < 1.29 is 0 Å². The van der Waals surface area contributed by atoms with Gasteiger partial charge in [-0.1, -0.05) is 6.07 Å². The van der Waals surface area contributed by atoms with E-state index in [0.29, 0.717) is 5.92 Å². The first kappa shape index (κ1) is 11.0. The van der Waals surface area contributed by atoms with Crippen LogP contribution < -0.4 is 5.73 Å². The second-order valence-electron chi connectivity index (χ2n) is 4.17. The summed E-state index contributed by atoms with van der Waals surface area (Å²) in [6, 6.07) is 4.48. The minimum atomic E-state index is 0.258. The monoisotopic (exact) mass is 222 g/mol. The molecule has 0 aromatic carbocycles. The molecule has 1 aliphatic rings. The summed E-state index contributed by atoms with van der Waals surface area (Å²) in [6.45, 7) is 0. The average molecular weight is 222 g/mol. The van der Waals surface area contributed by atoms with Crippen LogP contribution >= 0.6 is 11.8 Å². The van der Waals surface area contributed by atoms with E-state index in [-0.39, 0.29) is 6.04 Å². The number of thioether (sulfide) groups is 1. The summed E-state index contributed by atoms with van der Waals surface area (Å²) in [5, 5.41) is 0. The van der Waals surface area contributed by atoms with Crippen molar-refractivity contribution >= 4 is 11.8 Å². The van der Waals surface area contributed by atoms with Crippen molar-refractivity contribution in [2.45, 2.75) is 31.2 Å². The smallest absolute Gasteiger partial charge is 0.0482 e. The first-order chi connectivity index (χ1) is 7.33. The van der Waals surface area contributed by atoms with E-state index in [9.17, 15) is 0 Å². The molecule has 2 N–H and O–H groups in total. The minimum absolute atomic E-state index is 0.258. The van der Waals surface area contributed by atoms with Gasteiger partial charge >= 0.3 is 0 Å². The van der Waals surface area contributed by atoms with Gasteiger partial charge in [-0.2, -0.15) is 11.8 Å². The van der Waals surface area contributed by atoms with Gasteiger partial charge < -0.3 is 5.73 Å². The quantitative estimate of drug-likeness (QED) is 0.852. The molecule has 0 fully saturated rings. The van der Waals surface area contributed by atoms with Crippen LogP contribution in [0, 0.1) is 0 Å². The van der Waals surface area contributed by atoms with Gasteiger partial charge in [-0.15, -0.1) is 0 Å². The Bertz CT molecular complexity index is 327.